The van der Waals surface area contributed by atoms with Gasteiger partial charge in [0.1, 0.15) is 0 Å². The van der Waals surface area contributed by atoms with Crippen LogP contribution in [0.2, 0.25) is 0 Å². The maximum atomic E-state index is 10.3. The topological polar surface area (TPSA) is 110 Å². The molecule has 0 aliphatic carbocycles. The lowest BCUT2D eigenvalue weighted by Gasteiger charge is -2.08. The highest BCUT2D eigenvalue weighted by Gasteiger charge is 2.13. The molecule has 7 nitrogen and oxygen atoms in total. The first kappa shape index (κ1) is 10.9. The van der Waals surface area contributed by atoms with E-state index in [0.29, 0.717) is 0 Å². The molecule has 0 fully saturated rings. The zero-order valence-electron chi connectivity index (χ0n) is 7.36. The van der Waals surface area contributed by atoms with Gasteiger partial charge >= 0.3 is 6.16 Å². The number of nitro groups is 1. The van der Waals surface area contributed by atoms with E-state index in [4.69, 9.17) is 10.2 Å². The molecule has 15 heavy (non-hydrogen) atoms. The molecule has 0 aliphatic rings. The number of hydrogen-bond donors (Lipinski definition) is 2. The quantitative estimate of drug-likeness (QED) is 0.338. The zero-order valence-corrected chi connectivity index (χ0v) is 7.36. The first-order chi connectivity index (χ1) is 7.00. The molecule has 1 atom stereocenters. The maximum absolute atomic E-state index is 10.3. The number of carboxylic acid groups (broad SMARTS) is 1. The van der Waals surface area contributed by atoms with E-state index < -0.39 is 17.4 Å². The number of nitro benzene ring substituents is 1. The number of hydrogen-bond acceptors (Lipinski definition) is 5. The van der Waals surface area contributed by atoms with Crippen LogP contribution in [0.4, 0.5) is 10.5 Å². The van der Waals surface area contributed by atoms with Crippen molar-refractivity contribution in [2.24, 2.45) is 0 Å². The van der Waals surface area contributed by atoms with Crippen molar-refractivity contribution < 1.29 is 24.7 Å². The predicted octanol–water partition coefficient (Wildman–Crippen LogP) is 1.28. The number of benzene rings is 1. The van der Waals surface area contributed by atoms with Crippen molar-refractivity contribution in [2.45, 2.75) is 6.29 Å². The number of ether oxygens (including phenoxy) is 1. The maximum Gasteiger partial charge on any atom is 0.508 e. The Balaban J connectivity index is 2.79. The van der Waals surface area contributed by atoms with Gasteiger partial charge in [0.2, 0.25) is 6.29 Å². The lowest BCUT2D eigenvalue weighted by atomic mass is 10.2. The van der Waals surface area contributed by atoms with E-state index in [0.717, 1.165) is 12.1 Å². The van der Waals surface area contributed by atoms with Crippen molar-refractivity contribution in [1.29, 1.82) is 0 Å². The minimum Gasteiger partial charge on any atom is -0.450 e. The lowest BCUT2D eigenvalue weighted by molar-refractivity contribution is -0.384. The Kier molecular flexibility index (Phi) is 3.19. The number of rotatable bonds is 3. The molecule has 0 radical (unpaired) electrons. The van der Waals surface area contributed by atoms with Crippen molar-refractivity contribution in [3.63, 3.8) is 0 Å². The fraction of sp³-hybridized carbons (Fsp3) is 0.125. The van der Waals surface area contributed by atoms with Crippen LogP contribution in [-0.4, -0.2) is 21.3 Å². The van der Waals surface area contributed by atoms with Gasteiger partial charge in [-0.25, -0.2) is 4.79 Å². The van der Waals surface area contributed by atoms with E-state index >= 15 is 0 Å². The zero-order chi connectivity index (χ0) is 11.4. The van der Waals surface area contributed by atoms with E-state index in [1.807, 2.05) is 0 Å². The average Bonchev–Trinajstić information content (AvgIpc) is 2.17. The lowest BCUT2D eigenvalue weighted by Crippen LogP contribution is -2.08. The molecule has 0 amide bonds. The summed E-state index contributed by atoms with van der Waals surface area (Å²) in [6.45, 7) is 0. The van der Waals surface area contributed by atoms with Crippen LogP contribution in [-0.2, 0) is 4.74 Å². The number of non-ortho nitro benzene ring substituents is 1. The normalized spacial score (nSPS) is 11.8. The molecule has 1 aromatic carbocycles. The number of aliphatic hydroxyl groups is 1. The van der Waals surface area contributed by atoms with Gasteiger partial charge in [0.25, 0.3) is 5.69 Å². The summed E-state index contributed by atoms with van der Waals surface area (Å²) in [6, 6.07) is 4.71. The first-order valence-corrected chi connectivity index (χ1v) is 3.82. The third-order valence-corrected chi connectivity index (χ3v) is 1.60. The largest absolute Gasteiger partial charge is 0.508 e. The predicted molar refractivity (Wildman–Crippen MR) is 47.2 cm³/mol. The van der Waals surface area contributed by atoms with Crippen LogP contribution in [0, 0.1) is 10.1 Å². The van der Waals surface area contributed by atoms with Crippen LogP contribution >= 0.6 is 0 Å². The highest BCUT2D eigenvalue weighted by atomic mass is 16.7. The number of aliphatic hydroxyl groups excluding tert-OH is 1. The molecule has 0 aliphatic heterocycles. The summed E-state index contributed by atoms with van der Waals surface area (Å²) < 4.78 is 4.04. The Morgan fingerprint density at radius 2 is 1.93 bits per heavy atom. The Hall–Kier alpha value is -2.15. The van der Waals surface area contributed by atoms with Crippen LogP contribution in [0.1, 0.15) is 11.9 Å². The van der Waals surface area contributed by atoms with Crippen LogP contribution in [0.15, 0.2) is 24.3 Å². The van der Waals surface area contributed by atoms with Crippen LogP contribution in [0.25, 0.3) is 0 Å². The monoisotopic (exact) mass is 213 g/mol. The van der Waals surface area contributed by atoms with Crippen molar-refractivity contribution in [3.05, 3.63) is 39.9 Å². The van der Waals surface area contributed by atoms with Gasteiger partial charge < -0.3 is 14.9 Å². The standard InChI is InChI=1S/C8H7NO6/c10-7(15-8(11)12)5-1-3-6(4-2-5)9(13)14/h1-4,7,10H,(H,11,12). The van der Waals surface area contributed by atoms with Crippen LogP contribution < -0.4 is 0 Å². The molecular formula is C8H7NO6. The Labute approximate surface area is 83.7 Å². The molecule has 0 spiro atoms. The molecule has 0 saturated carbocycles. The number of nitrogens with zero attached hydrogens (tertiary/aromatic N) is 1. The highest BCUT2D eigenvalue weighted by molar-refractivity contribution is 5.57. The summed E-state index contributed by atoms with van der Waals surface area (Å²) in [5.41, 5.74) is -0.0238. The molecule has 0 heterocycles. The summed E-state index contributed by atoms with van der Waals surface area (Å²) in [7, 11) is 0. The van der Waals surface area contributed by atoms with Gasteiger partial charge in [-0.3, -0.25) is 10.1 Å². The van der Waals surface area contributed by atoms with E-state index in [1.54, 1.807) is 0 Å². The van der Waals surface area contributed by atoms with Gasteiger partial charge in [0.15, 0.2) is 0 Å². The molecule has 1 unspecified atom stereocenters. The van der Waals surface area contributed by atoms with Gasteiger partial charge in [0, 0.05) is 17.7 Å². The molecular weight excluding hydrogens is 206 g/mol. The van der Waals surface area contributed by atoms with E-state index in [-0.39, 0.29) is 11.3 Å². The fourth-order valence-electron chi connectivity index (χ4n) is 0.924. The number of carbonyl (C=O) groups is 1. The minimum atomic E-state index is -1.64. The van der Waals surface area contributed by atoms with Gasteiger partial charge in [0.05, 0.1) is 4.92 Å². The highest BCUT2D eigenvalue weighted by Crippen LogP contribution is 2.18. The first-order valence-electron chi connectivity index (χ1n) is 3.82. The molecule has 0 bridgehead atoms. The second-order valence-corrected chi connectivity index (χ2v) is 2.58. The Morgan fingerprint density at radius 3 is 2.33 bits per heavy atom. The van der Waals surface area contributed by atoms with E-state index in [1.165, 1.54) is 12.1 Å². The van der Waals surface area contributed by atoms with Gasteiger partial charge in [-0.05, 0) is 12.1 Å². The van der Waals surface area contributed by atoms with Crippen molar-refractivity contribution in [2.75, 3.05) is 0 Å². The second-order valence-electron chi connectivity index (χ2n) is 2.58. The summed E-state index contributed by atoms with van der Waals surface area (Å²) >= 11 is 0. The Morgan fingerprint density at radius 1 is 1.40 bits per heavy atom. The second kappa shape index (κ2) is 4.38. The fourth-order valence-corrected chi connectivity index (χ4v) is 0.924. The van der Waals surface area contributed by atoms with Gasteiger partial charge in [-0.15, -0.1) is 0 Å². The van der Waals surface area contributed by atoms with Crippen molar-refractivity contribution in [1.82, 2.24) is 0 Å². The molecule has 2 N–H and O–H groups in total. The third kappa shape index (κ3) is 2.92. The SMILES string of the molecule is O=C(O)OC(O)c1ccc([N+](=O)[O-])cc1. The average molecular weight is 213 g/mol. The van der Waals surface area contributed by atoms with E-state index in [9.17, 15) is 14.9 Å². The summed E-state index contributed by atoms with van der Waals surface area (Å²) in [5, 5.41) is 27.6. The van der Waals surface area contributed by atoms with Gasteiger partial charge in [-0.1, -0.05) is 0 Å². The molecule has 1 rings (SSSR count). The third-order valence-electron chi connectivity index (χ3n) is 1.60. The van der Waals surface area contributed by atoms with Crippen molar-refractivity contribution >= 4 is 11.8 Å². The van der Waals surface area contributed by atoms with Gasteiger partial charge in [-0.2, -0.15) is 0 Å². The molecule has 0 saturated heterocycles. The van der Waals surface area contributed by atoms with Crippen LogP contribution in [0.3, 0.4) is 0 Å². The smallest absolute Gasteiger partial charge is 0.450 e. The summed E-state index contributed by atoms with van der Waals surface area (Å²) in [6.07, 6.45) is -3.26. The van der Waals surface area contributed by atoms with E-state index in [2.05, 4.69) is 4.74 Å². The molecule has 80 valence electrons. The minimum absolute atomic E-state index is 0.128. The summed E-state index contributed by atoms with van der Waals surface area (Å²) in [4.78, 5) is 19.7. The van der Waals surface area contributed by atoms with Crippen LogP contribution in [0.5, 0.6) is 0 Å². The molecule has 7 heteroatoms. The molecule has 1 aromatic rings. The molecule has 0 aromatic heterocycles. The summed E-state index contributed by atoms with van der Waals surface area (Å²) in [5.74, 6) is 0. The Bertz CT molecular complexity index is 373. The van der Waals surface area contributed by atoms with Crippen molar-refractivity contribution in [3.8, 4) is 0 Å².